The molecule has 2 aromatic rings. The number of guanidine groups is 1. The van der Waals surface area contributed by atoms with Crippen LogP contribution in [0.25, 0.3) is 10.9 Å². The van der Waals surface area contributed by atoms with Crippen LogP contribution in [0.2, 0.25) is 0 Å². The second-order valence-electron chi connectivity index (χ2n) is 3.80. The fourth-order valence-electron chi connectivity index (χ4n) is 1.59. The summed E-state index contributed by atoms with van der Waals surface area (Å²) in [6.45, 7) is 3.23. The molecule has 1 heterocycles. The molecule has 6 heteroatoms. The van der Waals surface area contributed by atoms with E-state index in [-0.39, 0.29) is 17.8 Å². The molecule has 3 N–H and O–H groups in total. The van der Waals surface area contributed by atoms with Gasteiger partial charge in [0.1, 0.15) is 0 Å². The highest BCUT2D eigenvalue weighted by Gasteiger charge is 2.04. The number of aliphatic imine (C=N–C) groups is 1. The average Bonchev–Trinajstić information content (AvgIpc) is 2.27. The van der Waals surface area contributed by atoms with Gasteiger partial charge in [0.05, 0.1) is 11.2 Å². The van der Waals surface area contributed by atoms with E-state index in [4.69, 9.17) is 5.73 Å². The number of para-hydroxylation sites is 1. The number of hydrogen-bond acceptors (Lipinski definition) is 4. The fraction of sp³-hybridized carbons (Fsp3) is 0.167. The van der Waals surface area contributed by atoms with Gasteiger partial charge in [-0.1, -0.05) is 18.2 Å². The lowest BCUT2D eigenvalue weighted by Crippen LogP contribution is -2.34. The molecule has 0 aliphatic rings. The standard InChI is InChI=1S/C12H13N5O/c1-7-9-5-3-4-6-10(9)16-12(14-7)17-11(13)15-8(2)18/h3-6H,1-2H3,(H3,13,14,15,16,17,18). The van der Waals surface area contributed by atoms with Crippen molar-refractivity contribution in [2.45, 2.75) is 13.8 Å². The number of carbonyl (C=O) groups is 1. The van der Waals surface area contributed by atoms with Gasteiger partial charge in [-0.2, -0.15) is 4.99 Å². The number of carbonyl (C=O) groups excluding carboxylic acids is 1. The Bertz CT molecular complexity index is 635. The second kappa shape index (κ2) is 4.79. The zero-order valence-electron chi connectivity index (χ0n) is 10.1. The van der Waals surface area contributed by atoms with Crippen LogP contribution in [0.4, 0.5) is 5.95 Å². The molecule has 0 fully saturated rings. The monoisotopic (exact) mass is 243 g/mol. The largest absolute Gasteiger partial charge is 0.369 e. The number of amides is 1. The van der Waals surface area contributed by atoms with Gasteiger partial charge in [0, 0.05) is 12.3 Å². The Morgan fingerprint density at radius 2 is 2.06 bits per heavy atom. The van der Waals surface area contributed by atoms with E-state index in [1.54, 1.807) is 0 Å². The van der Waals surface area contributed by atoms with Crippen LogP contribution >= 0.6 is 0 Å². The van der Waals surface area contributed by atoms with Crippen molar-refractivity contribution in [1.82, 2.24) is 15.3 Å². The molecule has 0 unspecified atom stereocenters. The Morgan fingerprint density at radius 3 is 2.78 bits per heavy atom. The number of benzene rings is 1. The lowest BCUT2D eigenvalue weighted by atomic mass is 10.2. The summed E-state index contributed by atoms with van der Waals surface area (Å²) < 4.78 is 0. The van der Waals surface area contributed by atoms with Crippen molar-refractivity contribution >= 4 is 28.7 Å². The lowest BCUT2D eigenvalue weighted by Gasteiger charge is -2.03. The topological polar surface area (TPSA) is 93.3 Å². The Labute approximate surface area is 104 Å². The van der Waals surface area contributed by atoms with Gasteiger partial charge in [0.15, 0.2) is 0 Å². The van der Waals surface area contributed by atoms with Gasteiger partial charge in [-0.15, -0.1) is 0 Å². The van der Waals surface area contributed by atoms with Crippen molar-refractivity contribution in [2.75, 3.05) is 0 Å². The minimum absolute atomic E-state index is 0.0165. The molecule has 0 spiro atoms. The minimum atomic E-state index is -0.284. The van der Waals surface area contributed by atoms with Gasteiger partial charge in [-0.25, -0.2) is 9.97 Å². The van der Waals surface area contributed by atoms with Gasteiger partial charge >= 0.3 is 0 Å². The third-order valence-corrected chi connectivity index (χ3v) is 2.31. The third-order valence-electron chi connectivity index (χ3n) is 2.31. The number of aryl methyl sites for hydroxylation is 1. The summed E-state index contributed by atoms with van der Waals surface area (Å²) in [7, 11) is 0. The molecule has 0 aliphatic heterocycles. The minimum Gasteiger partial charge on any atom is -0.369 e. The van der Waals surface area contributed by atoms with Crippen LogP contribution in [0.3, 0.4) is 0 Å². The maximum absolute atomic E-state index is 10.8. The maximum atomic E-state index is 10.8. The van der Waals surface area contributed by atoms with Crippen LogP contribution in [0.1, 0.15) is 12.6 Å². The van der Waals surface area contributed by atoms with E-state index in [2.05, 4.69) is 20.3 Å². The van der Waals surface area contributed by atoms with Gasteiger partial charge in [-0.3, -0.25) is 10.1 Å². The summed E-state index contributed by atoms with van der Waals surface area (Å²) in [6.07, 6.45) is 0. The van der Waals surface area contributed by atoms with Gasteiger partial charge in [0.25, 0.3) is 5.95 Å². The molecule has 0 saturated carbocycles. The molecule has 0 saturated heterocycles. The van der Waals surface area contributed by atoms with E-state index in [9.17, 15) is 4.79 Å². The third kappa shape index (κ3) is 2.60. The van der Waals surface area contributed by atoms with Crippen molar-refractivity contribution in [3.05, 3.63) is 30.0 Å². The number of fused-ring (bicyclic) bond motifs is 1. The molecule has 1 aromatic carbocycles. The van der Waals surface area contributed by atoms with Crippen molar-refractivity contribution in [3.63, 3.8) is 0 Å². The predicted molar refractivity (Wildman–Crippen MR) is 69.4 cm³/mol. The summed E-state index contributed by atoms with van der Waals surface area (Å²) in [5, 5.41) is 3.33. The van der Waals surface area contributed by atoms with Crippen molar-refractivity contribution in [2.24, 2.45) is 10.7 Å². The first-order valence-electron chi connectivity index (χ1n) is 5.41. The highest BCUT2D eigenvalue weighted by molar-refractivity contribution is 5.96. The molecular weight excluding hydrogens is 230 g/mol. The number of hydrogen-bond donors (Lipinski definition) is 2. The normalized spacial score (nSPS) is 11.6. The Kier molecular flexibility index (Phi) is 3.18. The van der Waals surface area contributed by atoms with Crippen LogP contribution in [0.5, 0.6) is 0 Å². The molecule has 6 nitrogen and oxygen atoms in total. The molecule has 18 heavy (non-hydrogen) atoms. The highest BCUT2D eigenvalue weighted by atomic mass is 16.1. The van der Waals surface area contributed by atoms with E-state index in [1.165, 1.54) is 6.92 Å². The van der Waals surface area contributed by atoms with Crippen LogP contribution < -0.4 is 11.1 Å². The summed E-state index contributed by atoms with van der Waals surface area (Å²) in [5.41, 5.74) is 7.14. The molecule has 92 valence electrons. The molecule has 1 amide bonds. The molecule has 0 aliphatic carbocycles. The Morgan fingerprint density at radius 1 is 1.33 bits per heavy atom. The molecular formula is C12H13N5O. The Hall–Kier alpha value is -2.50. The summed E-state index contributed by atoms with van der Waals surface area (Å²) in [5.74, 6) is -0.0663. The predicted octanol–water partition coefficient (Wildman–Crippen LogP) is 1.02. The number of nitrogens with two attached hydrogens (primary N) is 1. The van der Waals surface area contributed by atoms with E-state index in [1.807, 2.05) is 31.2 Å². The van der Waals surface area contributed by atoms with Crippen molar-refractivity contribution < 1.29 is 4.79 Å². The van der Waals surface area contributed by atoms with Crippen molar-refractivity contribution in [1.29, 1.82) is 0 Å². The van der Waals surface area contributed by atoms with E-state index < -0.39 is 0 Å². The summed E-state index contributed by atoms with van der Waals surface area (Å²) in [6, 6.07) is 7.62. The first-order valence-corrected chi connectivity index (χ1v) is 5.41. The number of aromatic nitrogens is 2. The number of nitrogens with one attached hydrogen (secondary N) is 1. The molecule has 0 bridgehead atoms. The molecule has 2 rings (SSSR count). The number of nitrogens with zero attached hydrogens (tertiary/aromatic N) is 3. The van der Waals surface area contributed by atoms with Gasteiger partial charge in [0.2, 0.25) is 11.9 Å². The quantitative estimate of drug-likeness (QED) is 0.577. The van der Waals surface area contributed by atoms with Crippen LogP contribution in [-0.2, 0) is 4.79 Å². The fourth-order valence-corrected chi connectivity index (χ4v) is 1.59. The summed E-state index contributed by atoms with van der Waals surface area (Å²) >= 11 is 0. The maximum Gasteiger partial charge on any atom is 0.253 e. The van der Waals surface area contributed by atoms with Crippen LogP contribution in [0, 0.1) is 6.92 Å². The van der Waals surface area contributed by atoms with Crippen LogP contribution in [-0.4, -0.2) is 21.8 Å². The number of rotatable bonds is 1. The van der Waals surface area contributed by atoms with E-state index in [0.29, 0.717) is 0 Å². The zero-order chi connectivity index (χ0) is 13.1. The Balaban J connectivity index is 2.44. The molecule has 0 atom stereocenters. The van der Waals surface area contributed by atoms with Gasteiger partial charge < -0.3 is 5.73 Å². The summed E-state index contributed by atoms with van der Waals surface area (Å²) in [4.78, 5) is 23.2. The highest BCUT2D eigenvalue weighted by Crippen LogP contribution is 2.17. The van der Waals surface area contributed by atoms with E-state index >= 15 is 0 Å². The van der Waals surface area contributed by atoms with E-state index in [0.717, 1.165) is 16.6 Å². The SMILES string of the molecule is CC(=O)N/C(N)=N\c1nc(C)c2ccccc2n1. The van der Waals surface area contributed by atoms with Gasteiger partial charge in [-0.05, 0) is 13.0 Å². The second-order valence-corrected chi connectivity index (χ2v) is 3.80. The average molecular weight is 243 g/mol. The van der Waals surface area contributed by atoms with Crippen molar-refractivity contribution in [3.8, 4) is 0 Å². The molecule has 1 aromatic heterocycles. The smallest absolute Gasteiger partial charge is 0.253 e. The molecule has 0 radical (unpaired) electrons. The van der Waals surface area contributed by atoms with Crippen LogP contribution in [0.15, 0.2) is 29.3 Å². The first-order chi connectivity index (χ1) is 8.56. The zero-order valence-corrected chi connectivity index (χ0v) is 10.1. The lowest BCUT2D eigenvalue weighted by molar-refractivity contribution is -0.117. The first kappa shape index (κ1) is 12.0.